The summed E-state index contributed by atoms with van der Waals surface area (Å²) in [5, 5.41) is 7.92. The molecule has 2 fully saturated rings. The van der Waals surface area contributed by atoms with Crippen molar-refractivity contribution in [3.63, 3.8) is 0 Å². The first kappa shape index (κ1) is 19.1. The number of sulfonamides is 1. The van der Waals surface area contributed by atoms with Crippen molar-refractivity contribution in [3.05, 3.63) is 28.7 Å². The Bertz CT molecular complexity index is 964. The molecule has 1 amide bonds. The van der Waals surface area contributed by atoms with Gasteiger partial charge in [-0.2, -0.15) is 4.98 Å². The number of aromatic nitrogens is 3. The monoisotopic (exact) mass is 409 g/mol. The molecule has 2 aromatic rings. The molecule has 152 valence electrons. The Morgan fingerprint density at radius 1 is 1.07 bits per heavy atom. The molecule has 0 bridgehead atoms. The van der Waals surface area contributed by atoms with Crippen molar-refractivity contribution in [1.82, 2.24) is 24.5 Å². The van der Waals surface area contributed by atoms with Gasteiger partial charge in [0.1, 0.15) is 11.3 Å². The van der Waals surface area contributed by atoms with Crippen molar-refractivity contribution in [2.24, 2.45) is 0 Å². The molecular formula is C17H23N5O5S. The van der Waals surface area contributed by atoms with Crippen LogP contribution in [0.5, 0.6) is 0 Å². The molecule has 0 aromatic carbocycles. The van der Waals surface area contributed by atoms with Crippen LogP contribution < -0.4 is 0 Å². The second-order valence-electron chi connectivity index (χ2n) is 7.53. The van der Waals surface area contributed by atoms with Gasteiger partial charge < -0.3 is 13.9 Å². The van der Waals surface area contributed by atoms with E-state index in [-0.39, 0.29) is 17.7 Å². The smallest absolute Gasteiger partial charge is 0.259 e. The van der Waals surface area contributed by atoms with Gasteiger partial charge in [0.2, 0.25) is 15.9 Å². The molecule has 2 aliphatic heterocycles. The molecule has 10 nitrogen and oxygen atoms in total. The minimum absolute atomic E-state index is 0.0155. The van der Waals surface area contributed by atoms with Gasteiger partial charge in [-0.3, -0.25) is 4.79 Å². The van der Waals surface area contributed by atoms with E-state index in [1.54, 1.807) is 18.7 Å². The molecular weight excluding hydrogens is 386 g/mol. The molecule has 2 aromatic heterocycles. The van der Waals surface area contributed by atoms with Crippen LogP contribution in [-0.4, -0.2) is 71.3 Å². The molecule has 28 heavy (non-hydrogen) atoms. The molecule has 0 unspecified atom stereocenters. The van der Waals surface area contributed by atoms with E-state index in [4.69, 9.17) is 9.05 Å². The molecule has 0 N–H and O–H groups in total. The van der Waals surface area contributed by atoms with E-state index in [0.717, 1.165) is 0 Å². The molecule has 0 spiro atoms. The van der Waals surface area contributed by atoms with E-state index in [0.29, 0.717) is 67.8 Å². The molecule has 2 saturated heterocycles. The average molecular weight is 409 g/mol. The van der Waals surface area contributed by atoms with E-state index in [2.05, 4.69) is 15.3 Å². The molecule has 2 aliphatic rings. The zero-order valence-corrected chi connectivity index (χ0v) is 16.9. The number of piperidine rings is 1. The Morgan fingerprint density at radius 2 is 1.75 bits per heavy atom. The van der Waals surface area contributed by atoms with Crippen LogP contribution >= 0.6 is 0 Å². The predicted molar refractivity (Wildman–Crippen MR) is 97.3 cm³/mol. The largest absolute Gasteiger partial charge is 0.361 e. The summed E-state index contributed by atoms with van der Waals surface area (Å²) in [6, 6.07) is 0. The van der Waals surface area contributed by atoms with Gasteiger partial charge >= 0.3 is 0 Å². The standard InChI is InChI=1S/C17H23N5O5S/c1-10-14(11(2)26-19-10)17(23)21-8-13(9-21)16-18-15(20-27-16)12-4-6-22(7-5-12)28(3,24)25/h12-13H,4-9H2,1-3H3. The third-order valence-electron chi connectivity index (χ3n) is 5.51. The van der Waals surface area contributed by atoms with E-state index in [1.165, 1.54) is 10.6 Å². The van der Waals surface area contributed by atoms with Crippen LogP contribution in [0.1, 0.15) is 58.2 Å². The van der Waals surface area contributed by atoms with E-state index < -0.39 is 10.0 Å². The highest BCUT2D eigenvalue weighted by Gasteiger charge is 2.38. The number of hydrogen-bond donors (Lipinski definition) is 0. The second-order valence-corrected chi connectivity index (χ2v) is 9.52. The number of nitrogens with zero attached hydrogens (tertiary/aromatic N) is 5. The Labute approximate surface area is 162 Å². The van der Waals surface area contributed by atoms with Crippen LogP contribution in [0.3, 0.4) is 0 Å². The lowest BCUT2D eigenvalue weighted by Crippen LogP contribution is -2.48. The number of rotatable bonds is 4. The fourth-order valence-electron chi connectivity index (χ4n) is 3.77. The summed E-state index contributed by atoms with van der Waals surface area (Å²) in [6.45, 7) is 5.44. The van der Waals surface area contributed by atoms with Crippen LogP contribution in [-0.2, 0) is 10.0 Å². The van der Waals surface area contributed by atoms with E-state index >= 15 is 0 Å². The third-order valence-corrected chi connectivity index (χ3v) is 6.81. The summed E-state index contributed by atoms with van der Waals surface area (Å²) >= 11 is 0. The molecule has 4 heterocycles. The number of likely N-dealkylation sites (tertiary alicyclic amines) is 1. The Balaban J connectivity index is 1.35. The van der Waals surface area contributed by atoms with Crippen molar-refractivity contribution in [1.29, 1.82) is 0 Å². The maximum Gasteiger partial charge on any atom is 0.259 e. The zero-order chi connectivity index (χ0) is 20.1. The quantitative estimate of drug-likeness (QED) is 0.734. The first-order valence-electron chi connectivity index (χ1n) is 9.24. The number of amides is 1. The van der Waals surface area contributed by atoms with Crippen molar-refractivity contribution >= 4 is 15.9 Å². The van der Waals surface area contributed by atoms with Gasteiger partial charge in [-0.05, 0) is 26.7 Å². The van der Waals surface area contributed by atoms with Crippen LogP contribution in [0, 0.1) is 13.8 Å². The number of carbonyl (C=O) groups is 1. The number of aryl methyl sites for hydroxylation is 2. The maximum atomic E-state index is 12.6. The van der Waals surface area contributed by atoms with Crippen LogP contribution in [0.15, 0.2) is 9.05 Å². The normalized spacial score (nSPS) is 19.8. The second kappa shape index (κ2) is 6.96. The lowest BCUT2D eigenvalue weighted by Gasteiger charge is -2.37. The third kappa shape index (κ3) is 3.44. The maximum absolute atomic E-state index is 12.6. The van der Waals surface area contributed by atoms with Crippen LogP contribution in [0.4, 0.5) is 0 Å². The Hall–Kier alpha value is -2.27. The minimum atomic E-state index is -3.15. The van der Waals surface area contributed by atoms with Gasteiger partial charge in [0, 0.05) is 32.1 Å². The number of hydrogen-bond acceptors (Lipinski definition) is 8. The van der Waals surface area contributed by atoms with Gasteiger partial charge in [-0.1, -0.05) is 10.3 Å². The number of carbonyl (C=O) groups excluding carboxylic acids is 1. The molecule has 11 heteroatoms. The molecule has 0 aliphatic carbocycles. The lowest BCUT2D eigenvalue weighted by molar-refractivity contribution is 0.0566. The van der Waals surface area contributed by atoms with E-state index in [1.807, 2.05) is 0 Å². The van der Waals surface area contributed by atoms with Crippen LogP contribution in [0.25, 0.3) is 0 Å². The zero-order valence-electron chi connectivity index (χ0n) is 16.1. The minimum Gasteiger partial charge on any atom is -0.361 e. The summed E-state index contributed by atoms with van der Waals surface area (Å²) < 4.78 is 35.2. The highest BCUT2D eigenvalue weighted by molar-refractivity contribution is 7.88. The van der Waals surface area contributed by atoms with Crippen LogP contribution in [0.2, 0.25) is 0 Å². The molecule has 4 rings (SSSR count). The molecule has 0 atom stereocenters. The first-order valence-corrected chi connectivity index (χ1v) is 11.1. The summed E-state index contributed by atoms with van der Waals surface area (Å²) in [4.78, 5) is 18.8. The average Bonchev–Trinajstić information content (AvgIpc) is 3.20. The Kier molecular flexibility index (Phi) is 4.74. The van der Waals surface area contributed by atoms with E-state index in [9.17, 15) is 13.2 Å². The fourth-order valence-corrected chi connectivity index (χ4v) is 4.65. The van der Waals surface area contributed by atoms with Gasteiger partial charge in [-0.15, -0.1) is 0 Å². The summed E-state index contributed by atoms with van der Waals surface area (Å²) in [7, 11) is -3.15. The molecule has 0 radical (unpaired) electrons. The fraction of sp³-hybridized carbons (Fsp3) is 0.647. The van der Waals surface area contributed by atoms with Gasteiger partial charge in [0.15, 0.2) is 5.82 Å². The SMILES string of the molecule is Cc1noc(C)c1C(=O)N1CC(c2nc(C3CCN(S(C)(=O)=O)CC3)no2)C1. The van der Waals surface area contributed by atoms with Crippen molar-refractivity contribution < 1.29 is 22.3 Å². The summed E-state index contributed by atoms with van der Waals surface area (Å²) in [5.74, 6) is 1.69. The highest BCUT2D eigenvalue weighted by Crippen LogP contribution is 2.32. The summed E-state index contributed by atoms with van der Waals surface area (Å²) in [6.07, 6.45) is 2.58. The predicted octanol–water partition coefficient (Wildman–Crippen LogP) is 1.05. The molecule has 0 saturated carbocycles. The Morgan fingerprint density at radius 3 is 2.32 bits per heavy atom. The van der Waals surface area contributed by atoms with Crippen molar-refractivity contribution in [3.8, 4) is 0 Å². The lowest BCUT2D eigenvalue weighted by atomic mass is 9.96. The van der Waals surface area contributed by atoms with Crippen molar-refractivity contribution in [2.45, 2.75) is 38.5 Å². The first-order chi connectivity index (χ1) is 13.2. The van der Waals surface area contributed by atoms with Crippen molar-refractivity contribution in [2.75, 3.05) is 32.4 Å². The van der Waals surface area contributed by atoms with Gasteiger partial charge in [0.05, 0.1) is 17.9 Å². The van der Waals surface area contributed by atoms with Gasteiger partial charge in [0.25, 0.3) is 5.91 Å². The summed E-state index contributed by atoms with van der Waals surface area (Å²) in [5.41, 5.74) is 1.11. The van der Waals surface area contributed by atoms with Gasteiger partial charge in [-0.25, -0.2) is 12.7 Å². The highest BCUT2D eigenvalue weighted by atomic mass is 32.2. The topological polar surface area (TPSA) is 123 Å².